The van der Waals surface area contributed by atoms with Gasteiger partial charge < -0.3 is 4.90 Å². The number of hydrogen-bond donors (Lipinski definition) is 0. The molecule has 1 aliphatic heterocycles. The number of nitrogens with zero attached hydrogens (tertiary/aromatic N) is 2. The van der Waals surface area contributed by atoms with Crippen LogP contribution in [0.2, 0.25) is 0 Å². The molecule has 1 fully saturated rings. The van der Waals surface area contributed by atoms with Gasteiger partial charge in [-0.3, -0.25) is 4.90 Å². The molecule has 0 aromatic heterocycles. The third-order valence-electron chi connectivity index (χ3n) is 5.13. The highest BCUT2D eigenvalue weighted by atomic mass is 15.2. The zero-order valence-electron chi connectivity index (χ0n) is 13.4. The Morgan fingerprint density at radius 1 is 0.684 bits per heavy atom. The van der Waals surface area contributed by atoms with Crippen LogP contribution in [-0.4, -0.2) is 43.0 Å². The van der Waals surface area contributed by atoms with E-state index in [1.54, 1.807) is 5.56 Å². The zero-order chi connectivity index (χ0) is 14.2. The molecule has 1 heterocycles. The predicted octanol–water partition coefficient (Wildman–Crippen LogP) is 2.98. The summed E-state index contributed by atoms with van der Waals surface area (Å²) < 4.78 is 0. The lowest BCUT2D eigenvalue weighted by Gasteiger charge is -2.33. The minimum Gasteiger partial charge on any atom is -0.304 e. The highest BCUT2D eigenvalue weighted by molar-refractivity contribution is 5.49. The lowest BCUT2D eigenvalue weighted by molar-refractivity contribution is 0.147. The van der Waals surface area contributed by atoms with Gasteiger partial charge in [-0.2, -0.15) is 0 Å². The molecule has 1 saturated heterocycles. The van der Waals surface area contributed by atoms with Crippen molar-refractivity contribution in [1.82, 2.24) is 9.80 Å². The Morgan fingerprint density at radius 2 is 1.11 bits per heavy atom. The van der Waals surface area contributed by atoms with E-state index in [0.717, 1.165) is 6.54 Å². The van der Waals surface area contributed by atoms with Crippen molar-refractivity contribution in [1.29, 1.82) is 0 Å². The maximum absolute atomic E-state index is 2.60. The third-order valence-corrected chi connectivity index (χ3v) is 5.13. The Hall–Kier alpha value is -0.860. The molecule has 0 saturated carbocycles. The molecule has 0 amide bonds. The summed E-state index contributed by atoms with van der Waals surface area (Å²) in [5.41, 5.74) is 8.99. The second-order valence-corrected chi connectivity index (χ2v) is 6.18. The van der Waals surface area contributed by atoms with Gasteiger partial charge >= 0.3 is 0 Å². The summed E-state index contributed by atoms with van der Waals surface area (Å²) >= 11 is 0. The van der Waals surface area contributed by atoms with Crippen molar-refractivity contribution in [3.63, 3.8) is 0 Å². The van der Waals surface area contributed by atoms with E-state index in [4.69, 9.17) is 0 Å². The fourth-order valence-corrected chi connectivity index (χ4v) is 3.04. The topological polar surface area (TPSA) is 6.48 Å². The van der Waals surface area contributed by atoms with Gasteiger partial charge in [0, 0.05) is 32.7 Å². The average Bonchev–Trinajstić information content (AvgIpc) is 2.41. The molecule has 2 rings (SSSR count). The monoisotopic (exact) mass is 260 g/mol. The van der Waals surface area contributed by atoms with Crippen LogP contribution < -0.4 is 0 Å². The van der Waals surface area contributed by atoms with Gasteiger partial charge in [0.2, 0.25) is 0 Å². The third kappa shape index (κ3) is 2.85. The minimum atomic E-state index is 1.12. The minimum absolute atomic E-state index is 1.12. The molecule has 1 aromatic rings. The highest BCUT2D eigenvalue weighted by Crippen LogP contribution is 2.27. The molecule has 2 nitrogen and oxygen atoms in total. The van der Waals surface area contributed by atoms with Crippen LogP contribution in [0.15, 0.2) is 0 Å². The van der Waals surface area contributed by atoms with Crippen molar-refractivity contribution in [2.75, 3.05) is 33.2 Å². The molecule has 19 heavy (non-hydrogen) atoms. The van der Waals surface area contributed by atoms with Crippen LogP contribution in [-0.2, 0) is 6.54 Å². The average molecular weight is 260 g/mol. The van der Waals surface area contributed by atoms with Crippen molar-refractivity contribution in [3.8, 4) is 0 Å². The summed E-state index contributed by atoms with van der Waals surface area (Å²) in [4.78, 5) is 5.02. The first kappa shape index (κ1) is 14.5. The SMILES string of the molecule is Cc1c(C)c(C)c(CN2CCN(C)CC2)c(C)c1C. The number of hydrogen-bond acceptors (Lipinski definition) is 2. The quantitative estimate of drug-likeness (QED) is 0.806. The molecule has 0 unspecified atom stereocenters. The van der Waals surface area contributed by atoms with Crippen molar-refractivity contribution in [2.45, 2.75) is 41.2 Å². The number of piperazine rings is 1. The summed E-state index contributed by atoms with van der Waals surface area (Å²) in [5, 5.41) is 0. The molecule has 106 valence electrons. The molecular weight excluding hydrogens is 232 g/mol. The Kier molecular flexibility index (Phi) is 4.32. The predicted molar refractivity (Wildman–Crippen MR) is 82.9 cm³/mol. The van der Waals surface area contributed by atoms with Crippen LogP contribution in [0.1, 0.15) is 33.4 Å². The van der Waals surface area contributed by atoms with E-state index in [1.165, 1.54) is 54.0 Å². The lowest BCUT2D eigenvalue weighted by atomic mass is 9.89. The highest BCUT2D eigenvalue weighted by Gasteiger charge is 2.18. The van der Waals surface area contributed by atoms with E-state index in [-0.39, 0.29) is 0 Å². The van der Waals surface area contributed by atoms with Gasteiger partial charge in [-0.05, 0) is 75.0 Å². The first-order valence-electron chi connectivity index (χ1n) is 7.38. The number of rotatable bonds is 2. The Bertz CT molecular complexity index is 440. The second-order valence-electron chi connectivity index (χ2n) is 6.18. The second kappa shape index (κ2) is 5.64. The van der Waals surface area contributed by atoms with Gasteiger partial charge in [0.25, 0.3) is 0 Å². The zero-order valence-corrected chi connectivity index (χ0v) is 13.4. The van der Waals surface area contributed by atoms with Crippen molar-refractivity contribution in [2.24, 2.45) is 0 Å². The fourth-order valence-electron chi connectivity index (χ4n) is 3.04. The van der Waals surface area contributed by atoms with E-state index in [9.17, 15) is 0 Å². The molecule has 1 aromatic carbocycles. The van der Waals surface area contributed by atoms with E-state index < -0.39 is 0 Å². The largest absolute Gasteiger partial charge is 0.304 e. The standard InChI is InChI=1S/C17H28N2/c1-12-13(2)15(4)17(16(5)14(12)3)11-19-9-7-18(6)8-10-19/h7-11H2,1-6H3. The van der Waals surface area contributed by atoms with Gasteiger partial charge in [-0.25, -0.2) is 0 Å². The van der Waals surface area contributed by atoms with Crippen molar-refractivity contribution < 1.29 is 0 Å². The molecule has 0 bridgehead atoms. The molecule has 0 radical (unpaired) electrons. The van der Waals surface area contributed by atoms with E-state index >= 15 is 0 Å². The Labute approximate surface area is 118 Å². The van der Waals surface area contributed by atoms with Crippen LogP contribution in [0.4, 0.5) is 0 Å². The molecule has 0 aliphatic carbocycles. The summed E-state index contributed by atoms with van der Waals surface area (Å²) in [7, 11) is 2.22. The summed E-state index contributed by atoms with van der Waals surface area (Å²) in [6, 6.07) is 0. The lowest BCUT2D eigenvalue weighted by Crippen LogP contribution is -2.44. The molecular formula is C17H28N2. The van der Waals surface area contributed by atoms with E-state index in [1.807, 2.05) is 0 Å². The molecule has 0 N–H and O–H groups in total. The van der Waals surface area contributed by atoms with Gasteiger partial charge in [0.05, 0.1) is 0 Å². The molecule has 0 atom stereocenters. The normalized spacial score (nSPS) is 18.0. The number of benzene rings is 1. The van der Waals surface area contributed by atoms with Gasteiger partial charge in [-0.15, -0.1) is 0 Å². The Balaban J connectivity index is 2.25. The molecule has 0 spiro atoms. The van der Waals surface area contributed by atoms with Crippen LogP contribution in [0, 0.1) is 34.6 Å². The van der Waals surface area contributed by atoms with Crippen LogP contribution >= 0.6 is 0 Å². The first-order chi connectivity index (χ1) is 8.91. The van der Waals surface area contributed by atoms with Crippen LogP contribution in [0.3, 0.4) is 0 Å². The maximum atomic E-state index is 2.60. The van der Waals surface area contributed by atoms with Gasteiger partial charge in [0.15, 0.2) is 0 Å². The fraction of sp³-hybridized carbons (Fsp3) is 0.647. The van der Waals surface area contributed by atoms with Crippen molar-refractivity contribution in [3.05, 3.63) is 33.4 Å². The van der Waals surface area contributed by atoms with E-state index in [0.29, 0.717) is 0 Å². The smallest absolute Gasteiger partial charge is 0.0240 e. The van der Waals surface area contributed by atoms with Crippen molar-refractivity contribution >= 4 is 0 Å². The summed E-state index contributed by atoms with van der Waals surface area (Å²) in [6.07, 6.45) is 0. The van der Waals surface area contributed by atoms with Gasteiger partial charge in [-0.1, -0.05) is 0 Å². The molecule has 1 aliphatic rings. The number of likely N-dealkylation sites (N-methyl/N-ethyl adjacent to an activating group) is 1. The van der Waals surface area contributed by atoms with E-state index in [2.05, 4.69) is 51.5 Å². The van der Waals surface area contributed by atoms with Gasteiger partial charge in [0.1, 0.15) is 0 Å². The summed E-state index contributed by atoms with van der Waals surface area (Å²) in [6.45, 7) is 17.3. The molecule has 2 heteroatoms. The maximum Gasteiger partial charge on any atom is 0.0240 e. The Morgan fingerprint density at radius 3 is 1.58 bits per heavy atom. The van der Waals surface area contributed by atoms with Crippen LogP contribution in [0.25, 0.3) is 0 Å². The first-order valence-corrected chi connectivity index (χ1v) is 7.38. The summed E-state index contributed by atoms with van der Waals surface area (Å²) in [5.74, 6) is 0. The van der Waals surface area contributed by atoms with Crippen LogP contribution in [0.5, 0.6) is 0 Å².